The summed E-state index contributed by atoms with van der Waals surface area (Å²) in [5, 5.41) is 8.96. The molecule has 6 heteroatoms. The molecule has 0 fully saturated rings. The lowest BCUT2D eigenvalue weighted by Gasteiger charge is -1.97. The summed E-state index contributed by atoms with van der Waals surface area (Å²) in [6.45, 7) is 0. The van der Waals surface area contributed by atoms with E-state index >= 15 is 0 Å². The number of nitrogens with zero attached hydrogens (tertiary/aromatic N) is 2. The molecule has 0 aromatic carbocycles. The molecule has 2 N–H and O–H groups in total. The first kappa shape index (κ1) is 9.05. The number of halogens is 1. The Bertz CT molecular complexity index is 276. The maximum atomic E-state index is 10.8. The van der Waals surface area contributed by atoms with Gasteiger partial charge in [-0.25, -0.2) is 4.79 Å². The van der Waals surface area contributed by atoms with Gasteiger partial charge in [-0.2, -0.15) is 5.10 Å². The summed E-state index contributed by atoms with van der Waals surface area (Å²) in [5.74, 6) is 0.517. The third kappa shape index (κ3) is 1.97. The average molecular weight is 233 g/mol. The van der Waals surface area contributed by atoms with Gasteiger partial charge in [0.25, 0.3) is 0 Å². The van der Waals surface area contributed by atoms with Gasteiger partial charge in [-0.3, -0.25) is 10.00 Å². The third-order valence-electron chi connectivity index (χ3n) is 1.29. The predicted molar refractivity (Wildman–Crippen MR) is 49.0 cm³/mol. The Hall–Kier alpha value is -1.04. The Balaban J connectivity index is 2.70. The van der Waals surface area contributed by atoms with E-state index in [1.165, 1.54) is 0 Å². The van der Waals surface area contributed by atoms with Gasteiger partial charge in [0.15, 0.2) is 5.82 Å². The molecule has 0 unspecified atom stereocenters. The number of aryl methyl sites for hydroxylation is 1. The van der Waals surface area contributed by atoms with Crippen molar-refractivity contribution in [1.82, 2.24) is 15.1 Å². The molecule has 0 saturated carbocycles. The molecule has 1 aromatic heterocycles. The van der Waals surface area contributed by atoms with E-state index in [4.69, 9.17) is 0 Å². The van der Waals surface area contributed by atoms with Crippen LogP contribution in [0.4, 0.5) is 10.6 Å². The van der Waals surface area contributed by atoms with Crippen molar-refractivity contribution >= 4 is 27.8 Å². The van der Waals surface area contributed by atoms with E-state index in [-0.39, 0.29) is 6.03 Å². The van der Waals surface area contributed by atoms with Gasteiger partial charge in [0, 0.05) is 20.2 Å². The van der Waals surface area contributed by atoms with Crippen LogP contribution in [-0.2, 0) is 7.05 Å². The fourth-order valence-electron chi connectivity index (χ4n) is 0.684. The standard InChI is InChI=1S/C6H9BrN4O/c1-8-6(12)9-5-3-4(7)11(2)10-5/h3H,1-2H3,(H2,8,9,10,12). The van der Waals surface area contributed by atoms with E-state index in [2.05, 4.69) is 31.7 Å². The molecule has 0 aliphatic heterocycles. The van der Waals surface area contributed by atoms with Crippen molar-refractivity contribution < 1.29 is 4.79 Å². The zero-order valence-electron chi connectivity index (χ0n) is 6.76. The normalized spacial score (nSPS) is 9.58. The summed E-state index contributed by atoms with van der Waals surface area (Å²) in [6.07, 6.45) is 0. The zero-order valence-corrected chi connectivity index (χ0v) is 8.34. The van der Waals surface area contributed by atoms with Crippen LogP contribution in [0.3, 0.4) is 0 Å². The van der Waals surface area contributed by atoms with E-state index in [1.54, 1.807) is 24.8 Å². The lowest BCUT2D eigenvalue weighted by atomic mass is 10.6. The van der Waals surface area contributed by atoms with Crippen LogP contribution < -0.4 is 10.6 Å². The van der Waals surface area contributed by atoms with E-state index in [1.807, 2.05) is 0 Å². The monoisotopic (exact) mass is 232 g/mol. The number of anilines is 1. The van der Waals surface area contributed by atoms with Gasteiger partial charge >= 0.3 is 6.03 Å². The van der Waals surface area contributed by atoms with Crippen LogP contribution in [0.1, 0.15) is 0 Å². The SMILES string of the molecule is CNC(=O)Nc1cc(Br)n(C)n1. The van der Waals surface area contributed by atoms with Gasteiger partial charge in [-0.1, -0.05) is 0 Å². The molecule has 66 valence electrons. The van der Waals surface area contributed by atoms with Crippen molar-refractivity contribution in [3.8, 4) is 0 Å². The van der Waals surface area contributed by atoms with Gasteiger partial charge in [0.2, 0.25) is 0 Å². The third-order valence-corrected chi connectivity index (χ3v) is 2.03. The molecule has 2 amide bonds. The largest absolute Gasteiger partial charge is 0.341 e. The first-order valence-corrected chi connectivity index (χ1v) is 4.11. The second kappa shape index (κ2) is 3.57. The topological polar surface area (TPSA) is 59.0 Å². The molecular weight excluding hydrogens is 224 g/mol. The highest BCUT2D eigenvalue weighted by Crippen LogP contribution is 2.13. The van der Waals surface area contributed by atoms with Crippen molar-refractivity contribution in [2.24, 2.45) is 7.05 Å². The number of amides is 2. The smallest absolute Gasteiger partial charge is 0.320 e. The Morgan fingerprint density at radius 1 is 1.75 bits per heavy atom. The minimum Gasteiger partial charge on any atom is -0.341 e. The highest BCUT2D eigenvalue weighted by molar-refractivity contribution is 9.10. The van der Waals surface area contributed by atoms with E-state index < -0.39 is 0 Å². The summed E-state index contributed by atoms with van der Waals surface area (Å²) in [7, 11) is 3.33. The lowest BCUT2D eigenvalue weighted by Crippen LogP contribution is -2.24. The van der Waals surface area contributed by atoms with Crippen LogP contribution >= 0.6 is 15.9 Å². The first-order chi connectivity index (χ1) is 5.63. The number of nitrogens with one attached hydrogen (secondary N) is 2. The summed E-state index contributed by atoms with van der Waals surface area (Å²) in [6, 6.07) is 1.44. The Morgan fingerprint density at radius 2 is 2.42 bits per heavy atom. The van der Waals surface area contributed by atoms with Crippen LogP contribution in [-0.4, -0.2) is 22.9 Å². The minimum absolute atomic E-state index is 0.277. The first-order valence-electron chi connectivity index (χ1n) is 3.31. The van der Waals surface area contributed by atoms with Crippen LogP contribution in [0.25, 0.3) is 0 Å². The van der Waals surface area contributed by atoms with E-state index in [0.29, 0.717) is 5.82 Å². The highest BCUT2D eigenvalue weighted by Gasteiger charge is 2.03. The van der Waals surface area contributed by atoms with E-state index in [0.717, 1.165) is 4.60 Å². The summed E-state index contributed by atoms with van der Waals surface area (Å²) in [5.41, 5.74) is 0. The number of rotatable bonds is 1. The van der Waals surface area contributed by atoms with Crippen molar-refractivity contribution in [2.75, 3.05) is 12.4 Å². The fourth-order valence-corrected chi connectivity index (χ4v) is 0.981. The summed E-state index contributed by atoms with van der Waals surface area (Å²) >= 11 is 3.26. The maximum absolute atomic E-state index is 10.8. The van der Waals surface area contributed by atoms with Gasteiger partial charge in [-0.05, 0) is 15.9 Å². The molecule has 1 rings (SSSR count). The number of hydrogen-bond donors (Lipinski definition) is 2. The molecule has 5 nitrogen and oxygen atoms in total. The number of carbonyl (C=O) groups is 1. The second-order valence-corrected chi connectivity index (χ2v) is 2.99. The van der Waals surface area contributed by atoms with Crippen molar-refractivity contribution in [3.05, 3.63) is 10.7 Å². The molecule has 12 heavy (non-hydrogen) atoms. The Kier molecular flexibility index (Phi) is 2.69. The average Bonchev–Trinajstić information content (AvgIpc) is 2.31. The van der Waals surface area contributed by atoms with Crippen molar-refractivity contribution in [1.29, 1.82) is 0 Å². The van der Waals surface area contributed by atoms with Gasteiger partial charge < -0.3 is 5.32 Å². The number of carbonyl (C=O) groups excluding carboxylic acids is 1. The molecule has 1 aromatic rings. The molecule has 1 heterocycles. The van der Waals surface area contributed by atoms with Gasteiger partial charge in [0.1, 0.15) is 4.60 Å². The van der Waals surface area contributed by atoms with Crippen LogP contribution in [0.2, 0.25) is 0 Å². The molecule has 0 aliphatic rings. The number of hydrogen-bond acceptors (Lipinski definition) is 2. The number of aromatic nitrogens is 2. The second-order valence-electron chi connectivity index (χ2n) is 2.18. The molecular formula is C6H9BrN4O. The molecule has 0 spiro atoms. The molecule has 0 bridgehead atoms. The van der Waals surface area contributed by atoms with Crippen LogP contribution in [0.5, 0.6) is 0 Å². The van der Waals surface area contributed by atoms with Crippen LogP contribution in [0.15, 0.2) is 10.7 Å². The Labute approximate surface area is 78.3 Å². The summed E-state index contributed by atoms with van der Waals surface area (Å²) in [4.78, 5) is 10.8. The van der Waals surface area contributed by atoms with Crippen molar-refractivity contribution in [3.63, 3.8) is 0 Å². The molecule has 0 aliphatic carbocycles. The van der Waals surface area contributed by atoms with Crippen LogP contribution in [0, 0.1) is 0 Å². The van der Waals surface area contributed by atoms with Gasteiger partial charge in [0.05, 0.1) is 0 Å². The molecule has 0 saturated heterocycles. The highest BCUT2D eigenvalue weighted by atomic mass is 79.9. The fraction of sp³-hybridized carbons (Fsp3) is 0.333. The van der Waals surface area contributed by atoms with Crippen molar-refractivity contribution in [2.45, 2.75) is 0 Å². The minimum atomic E-state index is -0.277. The quantitative estimate of drug-likeness (QED) is 0.758. The molecule has 0 radical (unpaired) electrons. The lowest BCUT2D eigenvalue weighted by molar-refractivity contribution is 0.254. The Morgan fingerprint density at radius 3 is 2.83 bits per heavy atom. The maximum Gasteiger partial charge on any atom is 0.320 e. The zero-order chi connectivity index (χ0) is 9.14. The van der Waals surface area contributed by atoms with Gasteiger partial charge in [-0.15, -0.1) is 0 Å². The predicted octanol–water partition coefficient (Wildman–Crippen LogP) is 0.934. The number of urea groups is 1. The molecule has 0 atom stereocenters. The summed E-state index contributed by atoms with van der Waals surface area (Å²) < 4.78 is 2.43. The van der Waals surface area contributed by atoms with E-state index in [9.17, 15) is 4.79 Å².